The van der Waals surface area contributed by atoms with Crippen molar-refractivity contribution in [3.8, 4) is 0 Å². The van der Waals surface area contributed by atoms with Gasteiger partial charge in [0.25, 0.3) is 0 Å². The number of hydrogen-bond acceptors (Lipinski definition) is 6. The molecule has 0 radical (unpaired) electrons. The monoisotopic (exact) mass is 276 g/mol. The van der Waals surface area contributed by atoms with Gasteiger partial charge in [0.05, 0.1) is 20.3 Å². The Morgan fingerprint density at radius 3 is 2.21 bits per heavy atom. The average molecular weight is 276 g/mol. The zero-order chi connectivity index (χ0) is 14.7. The second kappa shape index (κ2) is 10.7. The minimum atomic E-state index is -0.623. The van der Waals surface area contributed by atoms with Gasteiger partial charge < -0.3 is 20.3 Å². The maximum Gasteiger partial charge on any atom is 0.328 e. The number of hydrogen-bond donors (Lipinski definition) is 3. The van der Waals surface area contributed by atoms with Gasteiger partial charge in [0.15, 0.2) is 0 Å². The molecule has 0 aliphatic carbocycles. The van der Waals surface area contributed by atoms with E-state index in [1.165, 1.54) is 7.11 Å². The standard InChI is InChI=1S/C12H24N2O5/c1-3-10(12(18)19-2)13-11(17)4-5-14(6-8-15)7-9-16/h10,15-16H,3-9H2,1-2H3,(H,13,17)/t10-/m0/s1. The normalized spacial score (nSPS) is 12.3. The highest BCUT2D eigenvalue weighted by molar-refractivity contribution is 5.84. The first-order chi connectivity index (χ1) is 9.08. The van der Waals surface area contributed by atoms with Gasteiger partial charge in [-0.2, -0.15) is 0 Å². The molecule has 0 aliphatic rings. The largest absolute Gasteiger partial charge is 0.467 e. The summed E-state index contributed by atoms with van der Waals surface area (Å²) in [4.78, 5) is 24.8. The number of ether oxygens (including phenoxy) is 1. The Balaban J connectivity index is 4.10. The van der Waals surface area contributed by atoms with Crippen LogP contribution < -0.4 is 5.32 Å². The second-order valence-corrected chi connectivity index (χ2v) is 4.09. The smallest absolute Gasteiger partial charge is 0.328 e. The second-order valence-electron chi connectivity index (χ2n) is 4.09. The number of esters is 1. The summed E-state index contributed by atoms with van der Waals surface area (Å²) in [6.45, 7) is 2.96. The van der Waals surface area contributed by atoms with Crippen LogP contribution in [0.4, 0.5) is 0 Å². The van der Waals surface area contributed by atoms with Crippen molar-refractivity contribution in [2.24, 2.45) is 0 Å². The highest BCUT2D eigenvalue weighted by Gasteiger charge is 2.19. The van der Waals surface area contributed by atoms with Crippen LogP contribution in [0.3, 0.4) is 0 Å². The van der Waals surface area contributed by atoms with E-state index in [1.807, 2.05) is 0 Å². The van der Waals surface area contributed by atoms with Gasteiger partial charge in [0.2, 0.25) is 5.91 Å². The topological polar surface area (TPSA) is 99.1 Å². The molecule has 112 valence electrons. The Morgan fingerprint density at radius 2 is 1.79 bits per heavy atom. The summed E-state index contributed by atoms with van der Waals surface area (Å²) in [5.41, 5.74) is 0. The van der Waals surface area contributed by atoms with E-state index in [2.05, 4.69) is 10.1 Å². The quantitative estimate of drug-likeness (QED) is 0.430. The van der Waals surface area contributed by atoms with Crippen LogP contribution in [0.15, 0.2) is 0 Å². The van der Waals surface area contributed by atoms with Crippen molar-refractivity contribution in [1.29, 1.82) is 0 Å². The third-order valence-electron chi connectivity index (χ3n) is 2.72. The fourth-order valence-corrected chi connectivity index (χ4v) is 1.61. The Kier molecular flexibility index (Phi) is 10.1. The summed E-state index contributed by atoms with van der Waals surface area (Å²) < 4.78 is 4.58. The summed E-state index contributed by atoms with van der Waals surface area (Å²) in [6.07, 6.45) is 0.670. The van der Waals surface area contributed by atoms with Crippen LogP contribution in [0.1, 0.15) is 19.8 Å². The highest BCUT2D eigenvalue weighted by atomic mass is 16.5. The zero-order valence-electron chi connectivity index (χ0n) is 11.6. The number of methoxy groups -OCH3 is 1. The molecule has 19 heavy (non-hydrogen) atoms. The van der Waals surface area contributed by atoms with Crippen molar-refractivity contribution in [1.82, 2.24) is 10.2 Å². The van der Waals surface area contributed by atoms with Crippen LogP contribution in [0.5, 0.6) is 0 Å². The van der Waals surface area contributed by atoms with E-state index >= 15 is 0 Å². The maximum atomic E-state index is 11.7. The number of aliphatic hydroxyl groups excluding tert-OH is 2. The van der Waals surface area contributed by atoms with Crippen LogP contribution in [0, 0.1) is 0 Å². The van der Waals surface area contributed by atoms with Gasteiger partial charge in [-0.3, -0.25) is 9.69 Å². The zero-order valence-corrected chi connectivity index (χ0v) is 11.6. The lowest BCUT2D eigenvalue weighted by molar-refractivity contribution is -0.145. The lowest BCUT2D eigenvalue weighted by atomic mass is 10.2. The van der Waals surface area contributed by atoms with Gasteiger partial charge in [-0.05, 0) is 6.42 Å². The molecule has 1 amide bonds. The summed E-state index contributed by atoms with van der Waals surface area (Å²) in [7, 11) is 1.28. The van der Waals surface area contributed by atoms with E-state index in [0.717, 1.165) is 0 Å². The molecule has 0 aromatic carbocycles. The first kappa shape index (κ1) is 17.8. The van der Waals surface area contributed by atoms with Crippen LogP contribution in [0.25, 0.3) is 0 Å². The molecule has 0 aromatic rings. The van der Waals surface area contributed by atoms with Gasteiger partial charge in [-0.1, -0.05) is 6.92 Å². The molecular weight excluding hydrogens is 252 g/mol. The van der Waals surface area contributed by atoms with Crippen molar-refractivity contribution < 1.29 is 24.5 Å². The Bertz CT molecular complexity index is 267. The van der Waals surface area contributed by atoms with Crippen LogP contribution in [0.2, 0.25) is 0 Å². The summed E-state index contributed by atoms with van der Waals surface area (Å²) in [5.74, 6) is -0.712. The number of aliphatic hydroxyl groups is 2. The number of nitrogens with one attached hydrogen (secondary N) is 1. The number of amides is 1. The highest BCUT2D eigenvalue weighted by Crippen LogP contribution is 1.97. The Morgan fingerprint density at radius 1 is 1.21 bits per heavy atom. The van der Waals surface area contributed by atoms with Crippen molar-refractivity contribution in [3.05, 3.63) is 0 Å². The molecule has 3 N–H and O–H groups in total. The fourth-order valence-electron chi connectivity index (χ4n) is 1.61. The molecule has 0 unspecified atom stereocenters. The van der Waals surface area contributed by atoms with Gasteiger partial charge >= 0.3 is 5.97 Å². The molecule has 1 atom stereocenters. The molecule has 0 aromatic heterocycles. The number of nitrogens with zero attached hydrogens (tertiary/aromatic N) is 1. The molecule has 7 nitrogen and oxygen atoms in total. The molecule has 0 saturated carbocycles. The van der Waals surface area contributed by atoms with Crippen LogP contribution >= 0.6 is 0 Å². The third kappa shape index (κ3) is 7.76. The minimum Gasteiger partial charge on any atom is -0.467 e. The lowest BCUT2D eigenvalue weighted by Gasteiger charge is -2.20. The average Bonchev–Trinajstić information content (AvgIpc) is 2.41. The van der Waals surface area contributed by atoms with E-state index < -0.39 is 12.0 Å². The predicted molar refractivity (Wildman–Crippen MR) is 69.5 cm³/mol. The molecule has 0 spiro atoms. The maximum absolute atomic E-state index is 11.7. The van der Waals surface area contributed by atoms with Gasteiger partial charge in [0, 0.05) is 26.1 Å². The summed E-state index contributed by atoms with van der Waals surface area (Å²) in [6, 6.07) is -0.623. The van der Waals surface area contributed by atoms with Crippen LogP contribution in [-0.4, -0.2) is 73.0 Å². The molecule has 7 heteroatoms. The van der Waals surface area contributed by atoms with E-state index in [1.54, 1.807) is 11.8 Å². The molecular formula is C12H24N2O5. The first-order valence-electron chi connectivity index (χ1n) is 6.40. The van der Waals surface area contributed by atoms with E-state index in [-0.39, 0.29) is 25.5 Å². The predicted octanol–water partition coefficient (Wildman–Crippen LogP) is -1.27. The van der Waals surface area contributed by atoms with Crippen molar-refractivity contribution in [2.45, 2.75) is 25.8 Å². The van der Waals surface area contributed by atoms with E-state index in [0.29, 0.717) is 26.1 Å². The molecule has 0 rings (SSSR count). The third-order valence-corrected chi connectivity index (χ3v) is 2.72. The van der Waals surface area contributed by atoms with Crippen molar-refractivity contribution >= 4 is 11.9 Å². The Hall–Kier alpha value is -1.18. The molecule has 0 bridgehead atoms. The molecule has 0 saturated heterocycles. The fraction of sp³-hybridized carbons (Fsp3) is 0.833. The van der Waals surface area contributed by atoms with Crippen molar-refractivity contribution in [3.63, 3.8) is 0 Å². The number of carbonyl (C=O) groups excluding carboxylic acids is 2. The Labute approximate surface area is 113 Å². The summed E-state index contributed by atoms with van der Waals surface area (Å²) in [5, 5.41) is 20.3. The van der Waals surface area contributed by atoms with Gasteiger partial charge in [-0.15, -0.1) is 0 Å². The van der Waals surface area contributed by atoms with Gasteiger partial charge in [-0.25, -0.2) is 4.79 Å². The van der Waals surface area contributed by atoms with Crippen molar-refractivity contribution in [2.75, 3.05) is 40.0 Å². The van der Waals surface area contributed by atoms with Gasteiger partial charge in [0.1, 0.15) is 6.04 Å². The summed E-state index contributed by atoms with van der Waals surface area (Å²) >= 11 is 0. The lowest BCUT2D eigenvalue weighted by Crippen LogP contribution is -2.42. The number of rotatable bonds is 10. The minimum absolute atomic E-state index is 0.0264. The first-order valence-corrected chi connectivity index (χ1v) is 6.40. The van der Waals surface area contributed by atoms with E-state index in [9.17, 15) is 9.59 Å². The van der Waals surface area contributed by atoms with E-state index in [4.69, 9.17) is 10.2 Å². The molecule has 0 fully saturated rings. The number of carbonyl (C=O) groups is 2. The van der Waals surface area contributed by atoms with Crippen LogP contribution in [-0.2, 0) is 14.3 Å². The molecule has 0 aliphatic heterocycles. The molecule has 0 heterocycles. The SMILES string of the molecule is CC[C@H](NC(=O)CCN(CCO)CCO)C(=O)OC.